The van der Waals surface area contributed by atoms with Crippen LogP contribution in [0.15, 0.2) is 30.4 Å². The lowest BCUT2D eigenvalue weighted by atomic mass is 10.2. The van der Waals surface area contributed by atoms with Gasteiger partial charge in [0.05, 0.1) is 0 Å². The maximum atomic E-state index is 11.4. The van der Waals surface area contributed by atoms with Crippen molar-refractivity contribution in [3.63, 3.8) is 0 Å². The van der Waals surface area contributed by atoms with Crippen LogP contribution in [-0.4, -0.2) is 19.1 Å². The maximum Gasteiger partial charge on any atom is 0.258 e. The minimum Gasteiger partial charge on any atom is -0.484 e. The first-order valence-corrected chi connectivity index (χ1v) is 5.67. The zero-order chi connectivity index (χ0) is 12.8. The first-order valence-electron chi connectivity index (χ1n) is 5.29. The van der Waals surface area contributed by atoms with Crippen molar-refractivity contribution < 1.29 is 9.53 Å². The number of rotatable bonds is 5. The Bertz CT molecular complexity index is 429. The molecule has 1 amide bonds. The lowest BCUT2D eigenvalue weighted by molar-refractivity contribution is -0.122. The molecule has 92 valence electrons. The van der Waals surface area contributed by atoms with E-state index in [-0.39, 0.29) is 12.5 Å². The summed E-state index contributed by atoms with van der Waals surface area (Å²) in [6.07, 6.45) is 0. The highest BCUT2D eigenvalue weighted by atomic mass is 35.5. The largest absolute Gasteiger partial charge is 0.484 e. The fraction of sp³-hybridized carbons (Fsp3) is 0.308. The first-order chi connectivity index (χ1) is 7.99. The van der Waals surface area contributed by atoms with Gasteiger partial charge in [-0.05, 0) is 37.6 Å². The molecular weight excluding hydrogens is 238 g/mol. The van der Waals surface area contributed by atoms with Crippen LogP contribution in [-0.2, 0) is 4.79 Å². The molecule has 1 aromatic carbocycles. The van der Waals surface area contributed by atoms with Gasteiger partial charge in [0.25, 0.3) is 5.91 Å². The third-order valence-corrected chi connectivity index (χ3v) is 2.32. The number of hydrogen-bond acceptors (Lipinski definition) is 2. The van der Waals surface area contributed by atoms with E-state index in [1.807, 2.05) is 13.8 Å². The van der Waals surface area contributed by atoms with E-state index in [2.05, 4.69) is 11.9 Å². The lowest BCUT2D eigenvalue weighted by Gasteiger charge is -2.09. The molecule has 0 unspecified atom stereocenters. The Morgan fingerprint density at radius 3 is 2.82 bits per heavy atom. The number of aryl methyl sites for hydroxylation is 1. The number of hydrogen-bond donors (Lipinski definition) is 1. The van der Waals surface area contributed by atoms with E-state index >= 15 is 0 Å². The second-order valence-corrected chi connectivity index (χ2v) is 4.37. The number of halogens is 1. The SMILES string of the molecule is C=C(C)CNC(=O)COc1ccc(Cl)cc1C. The Kier molecular flexibility index (Phi) is 5.04. The zero-order valence-electron chi connectivity index (χ0n) is 10.0. The van der Waals surface area contributed by atoms with E-state index in [0.29, 0.717) is 17.3 Å². The topological polar surface area (TPSA) is 38.3 Å². The summed E-state index contributed by atoms with van der Waals surface area (Å²) in [6, 6.07) is 5.28. The van der Waals surface area contributed by atoms with Gasteiger partial charge in [-0.3, -0.25) is 4.79 Å². The summed E-state index contributed by atoms with van der Waals surface area (Å²) in [6.45, 7) is 7.90. The second kappa shape index (κ2) is 6.30. The molecule has 1 N–H and O–H groups in total. The molecule has 0 heterocycles. The quantitative estimate of drug-likeness (QED) is 0.820. The molecule has 3 nitrogen and oxygen atoms in total. The Balaban J connectivity index is 2.44. The minimum absolute atomic E-state index is 0.00421. The van der Waals surface area contributed by atoms with Crippen LogP contribution in [0.3, 0.4) is 0 Å². The van der Waals surface area contributed by atoms with Gasteiger partial charge in [0.15, 0.2) is 6.61 Å². The van der Waals surface area contributed by atoms with Crippen molar-refractivity contribution in [3.05, 3.63) is 40.9 Å². The van der Waals surface area contributed by atoms with Crippen molar-refractivity contribution in [1.29, 1.82) is 0 Å². The van der Waals surface area contributed by atoms with Crippen molar-refractivity contribution in [2.75, 3.05) is 13.2 Å². The number of carbonyl (C=O) groups excluding carboxylic acids is 1. The molecule has 0 radical (unpaired) electrons. The smallest absolute Gasteiger partial charge is 0.258 e. The highest BCUT2D eigenvalue weighted by molar-refractivity contribution is 6.30. The van der Waals surface area contributed by atoms with Gasteiger partial charge in [0, 0.05) is 11.6 Å². The van der Waals surface area contributed by atoms with Crippen LogP contribution >= 0.6 is 11.6 Å². The van der Waals surface area contributed by atoms with Crippen LogP contribution in [0, 0.1) is 6.92 Å². The standard InChI is InChI=1S/C13H16ClNO2/c1-9(2)7-15-13(16)8-17-12-5-4-11(14)6-10(12)3/h4-6H,1,7-8H2,2-3H3,(H,15,16). The molecule has 0 atom stereocenters. The Morgan fingerprint density at radius 2 is 2.24 bits per heavy atom. The molecule has 1 aromatic rings. The van der Waals surface area contributed by atoms with Gasteiger partial charge >= 0.3 is 0 Å². The fourth-order valence-corrected chi connectivity index (χ4v) is 1.45. The number of carbonyl (C=O) groups is 1. The molecule has 0 aliphatic carbocycles. The zero-order valence-corrected chi connectivity index (χ0v) is 10.8. The summed E-state index contributed by atoms with van der Waals surface area (Å²) in [5, 5.41) is 3.35. The predicted molar refractivity (Wildman–Crippen MR) is 69.5 cm³/mol. The maximum absolute atomic E-state index is 11.4. The normalized spacial score (nSPS) is 9.82. The van der Waals surface area contributed by atoms with Gasteiger partial charge < -0.3 is 10.1 Å². The molecule has 0 aromatic heterocycles. The third kappa shape index (κ3) is 4.91. The average Bonchev–Trinajstić information content (AvgIpc) is 2.25. The van der Waals surface area contributed by atoms with Gasteiger partial charge in [0.2, 0.25) is 0 Å². The molecule has 1 rings (SSSR count). The van der Waals surface area contributed by atoms with Crippen LogP contribution in [0.2, 0.25) is 5.02 Å². The van der Waals surface area contributed by atoms with Crippen LogP contribution in [0.25, 0.3) is 0 Å². The minimum atomic E-state index is -0.164. The van der Waals surface area contributed by atoms with E-state index < -0.39 is 0 Å². The van der Waals surface area contributed by atoms with E-state index in [9.17, 15) is 4.79 Å². The van der Waals surface area contributed by atoms with Crippen LogP contribution in [0.4, 0.5) is 0 Å². The molecule has 4 heteroatoms. The number of amides is 1. The third-order valence-electron chi connectivity index (χ3n) is 2.08. The van der Waals surface area contributed by atoms with Crippen molar-refractivity contribution in [2.45, 2.75) is 13.8 Å². The summed E-state index contributed by atoms with van der Waals surface area (Å²) < 4.78 is 5.39. The highest BCUT2D eigenvalue weighted by Gasteiger charge is 2.04. The number of benzene rings is 1. The molecule has 0 saturated heterocycles. The van der Waals surface area contributed by atoms with Gasteiger partial charge in [-0.15, -0.1) is 0 Å². The summed E-state index contributed by atoms with van der Waals surface area (Å²) >= 11 is 5.82. The van der Waals surface area contributed by atoms with Crippen molar-refractivity contribution in [2.24, 2.45) is 0 Å². The lowest BCUT2D eigenvalue weighted by Crippen LogP contribution is -2.30. The Labute approximate surface area is 106 Å². The monoisotopic (exact) mass is 253 g/mol. The highest BCUT2D eigenvalue weighted by Crippen LogP contribution is 2.21. The van der Waals surface area contributed by atoms with Crippen LogP contribution < -0.4 is 10.1 Å². The van der Waals surface area contributed by atoms with Crippen LogP contribution in [0.5, 0.6) is 5.75 Å². The van der Waals surface area contributed by atoms with Crippen LogP contribution in [0.1, 0.15) is 12.5 Å². The first kappa shape index (κ1) is 13.6. The fourth-order valence-electron chi connectivity index (χ4n) is 1.22. The average molecular weight is 254 g/mol. The molecule has 0 aliphatic rings. The molecule has 0 aliphatic heterocycles. The molecule has 0 fully saturated rings. The Hall–Kier alpha value is -1.48. The Morgan fingerprint density at radius 1 is 1.53 bits per heavy atom. The molecule has 0 saturated carbocycles. The summed E-state index contributed by atoms with van der Waals surface area (Å²) in [4.78, 5) is 11.4. The van der Waals surface area contributed by atoms with E-state index in [0.717, 1.165) is 11.1 Å². The number of ether oxygens (including phenoxy) is 1. The summed E-state index contributed by atoms with van der Waals surface area (Å²) in [5.41, 5.74) is 1.81. The molecule has 0 spiro atoms. The molecular formula is C13H16ClNO2. The van der Waals surface area contributed by atoms with E-state index in [4.69, 9.17) is 16.3 Å². The van der Waals surface area contributed by atoms with Gasteiger partial charge in [-0.25, -0.2) is 0 Å². The predicted octanol–water partition coefficient (Wildman–Crippen LogP) is 2.72. The summed E-state index contributed by atoms with van der Waals surface area (Å²) in [7, 11) is 0. The summed E-state index contributed by atoms with van der Waals surface area (Å²) in [5.74, 6) is 0.502. The van der Waals surface area contributed by atoms with Crippen molar-refractivity contribution >= 4 is 17.5 Å². The molecule has 17 heavy (non-hydrogen) atoms. The van der Waals surface area contributed by atoms with E-state index in [1.54, 1.807) is 18.2 Å². The van der Waals surface area contributed by atoms with Crippen molar-refractivity contribution in [3.8, 4) is 5.75 Å². The number of nitrogens with one attached hydrogen (secondary N) is 1. The van der Waals surface area contributed by atoms with Gasteiger partial charge in [0.1, 0.15) is 5.75 Å². The second-order valence-electron chi connectivity index (χ2n) is 3.93. The van der Waals surface area contributed by atoms with Crippen molar-refractivity contribution in [1.82, 2.24) is 5.32 Å². The van der Waals surface area contributed by atoms with Gasteiger partial charge in [-0.1, -0.05) is 23.8 Å². The van der Waals surface area contributed by atoms with E-state index in [1.165, 1.54) is 0 Å². The van der Waals surface area contributed by atoms with Gasteiger partial charge in [-0.2, -0.15) is 0 Å². The molecule has 0 bridgehead atoms.